The second kappa shape index (κ2) is 7.74. The van der Waals surface area contributed by atoms with Gasteiger partial charge in [0.25, 0.3) is 0 Å². The zero-order chi connectivity index (χ0) is 17.0. The van der Waals surface area contributed by atoms with Crippen LogP contribution in [0.2, 0.25) is 18.1 Å². The van der Waals surface area contributed by atoms with E-state index in [9.17, 15) is 4.79 Å². The van der Waals surface area contributed by atoms with Crippen LogP contribution in [0.25, 0.3) is 0 Å². The van der Waals surface area contributed by atoms with E-state index < -0.39 is 8.32 Å². The van der Waals surface area contributed by atoms with Gasteiger partial charge in [-0.3, -0.25) is 4.79 Å². The molecule has 0 aliphatic heterocycles. The Labute approximate surface area is 138 Å². The molecule has 0 bridgehead atoms. The minimum Gasteiger partial charge on any atom is -0.410 e. The average molecular weight is 323 g/mol. The third kappa shape index (κ3) is 4.42. The molecule has 0 radical (unpaired) electrons. The van der Waals surface area contributed by atoms with Crippen molar-refractivity contribution in [1.82, 2.24) is 0 Å². The fourth-order valence-corrected chi connectivity index (χ4v) is 6.46. The van der Waals surface area contributed by atoms with Crippen molar-refractivity contribution < 1.29 is 9.22 Å². The molecule has 0 saturated carbocycles. The Morgan fingerprint density at radius 2 is 1.82 bits per heavy atom. The molecule has 0 saturated heterocycles. The Balaban J connectivity index is 3.13. The van der Waals surface area contributed by atoms with Crippen molar-refractivity contribution in [3.05, 3.63) is 23.3 Å². The van der Waals surface area contributed by atoms with Gasteiger partial charge >= 0.3 is 0 Å². The summed E-state index contributed by atoms with van der Waals surface area (Å²) in [6.07, 6.45) is 6.19. The summed E-state index contributed by atoms with van der Waals surface area (Å²) in [5.74, 6) is 0.110. The van der Waals surface area contributed by atoms with Crippen LogP contribution in [-0.2, 0) is 9.22 Å². The summed E-state index contributed by atoms with van der Waals surface area (Å²) in [7, 11) is -1.59. The number of rotatable bonds is 7. The van der Waals surface area contributed by atoms with E-state index in [0.29, 0.717) is 0 Å². The summed E-state index contributed by atoms with van der Waals surface area (Å²) in [6, 6.07) is 3.56. The first-order chi connectivity index (χ1) is 10.2. The Morgan fingerprint density at radius 1 is 1.27 bits per heavy atom. The van der Waals surface area contributed by atoms with Gasteiger partial charge in [-0.15, -0.1) is 0 Å². The van der Waals surface area contributed by atoms with E-state index in [0.717, 1.165) is 12.8 Å². The van der Waals surface area contributed by atoms with E-state index >= 15 is 0 Å². The number of carbonyl (C=O) groups excluding carboxylic acids is 1. The van der Waals surface area contributed by atoms with Gasteiger partial charge in [0, 0.05) is 0 Å². The van der Waals surface area contributed by atoms with Crippen molar-refractivity contribution in [1.29, 1.82) is 0 Å². The molecule has 2 nitrogen and oxygen atoms in total. The summed E-state index contributed by atoms with van der Waals surface area (Å²) in [4.78, 5) is 11.3. The lowest BCUT2D eigenvalue weighted by atomic mass is 9.71. The van der Waals surface area contributed by atoms with Crippen molar-refractivity contribution in [2.75, 3.05) is 0 Å². The maximum Gasteiger partial charge on any atom is 0.192 e. The maximum atomic E-state index is 11.3. The number of carbonyl (C=O) groups is 1. The summed E-state index contributed by atoms with van der Waals surface area (Å²) in [5.41, 5.74) is 2.76. The first-order valence-electron chi connectivity index (χ1n) is 8.79. The zero-order valence-corrected chi connectivity index (χ0v) is 16.6. The van der Waals surface area contributed by atoms with Crippen LogP contribution in [0.1, 0.15) is 61.3 Å². The van der Waals surface area contributed by atoms with Gasteiger partial charge in [0.2, 0.25) is 0 Å². The van der Waals surface area contributed by atoms with Crippen LogP contribution in [0, 0.1) is 5.41 Å². The Hall–Kier alpha value is -0.673. The van der Waals surface area contributed by atoms with Crippen LogP contribution < -0.4 is 0 Å². The predicted octanol–water partition coefficient (Wildman–Crippen LogP) is 5.66. The topological polar surface area (TPSA) is 26.3 Å². The highest BCUT2D eigenvalue weighted by molar-refractivity contribution is 6.73. The van der Waals surface area contributed by atoms with Crippen LogP contribution >= 0.6 is 0 Å². The number of hydrogen-bond donors (Lipinski definition) is 0. The molecule has 0 spiro atoms. The molecule has 0 N–H and O–H groups in total. The minimum absolute atomic E-state index is 0.110. The lowest BCUT2D eigenvalue weighted by molar-refractivity contribution is -0.112. The molecule has 1 atom stereocenters. The van der Waals surface area contributed by atoms with Crippen LogP contribution in [0.4, 0.5) is 0 Å². The summed E-state index contributed by atoms with van der Waals surface area (Å²) >= 11 is 0. The van der Waals surface area contributed by atoms with Crippen LogP contribution in [0.3, 0.4) is 0 Å². The fourth-order valence-electron chi connectivity index (χ4n) is 3.56. The Kier molecular flexibility index (Phi) is 6.81. The molecular weight excluding hydrogens is 288 g/mol. The molecule has 1 aliphatic rings. The number of ketones is 1. The van der Waals surface area contributed by atoms with Gasteiger partial charge in [-0.25, -0.2) is 0 Å². The summed E-state index contributed by atoms with van der Waals surface area (Å²) in [6.45, 7) is 15.2. The lowest BCUT2D eigenvalue weighted by Crippen LogP contribution is -2.42. The molecule has 3 heteroatoms. The third-order valence-electron chi connectivity index (χ3n) is 5.48. The highest BCUT2D eigenvalue weighted by Gasteiger charge is 2.37. The van der Waals surface area contributed by atoms with E-state index in [1.165, 1.54) is 29.3 Å². The standard InChI is InChI=1S/C19H34O2Si/c1-8-22(9-2,10-3)21-18-13-14-19(6,7)17(16(18)5)12-11-15(4)20/h11-12,18H,8-10,13-14H2,1-7H3/b12-11+. The average Bonchev–Trinajstić information content (AvgIpc) is 2.46. The van der Waals surface area contributed by atoms with Gasteiger partial charge in [-0.2, -0.15) is 0 Å². The minimum atomic E-state index is -1.59. The Morgan fingerprint density at radius 3 is 2.27 bits per heavy atom. The van der Waals surface area contributed by atoms with Crippen molar-refractivity contribution >= 4 is 14.1 Å². The van der Waals surface area contributed by atoms with Gasteiger partial charge in [0.1, 0.15) is 0 Å². The molecule has 22 heavy (non-hydrogen) atoms. The number of hydrogen-bond acceptors (Lipinski definition) is 2. The highest BCUT2D eigenvalue weighted by atomic mass is 28.4. The lowest BCUT2D eigenvalue weighted by Gasteiger charge is -2.41. The molecule has 126 valence electrons. The first kappa shape index (κ1) is 19.4. The maximum absolute atomic E-state index is 11.3. The SMILES string of the molecule is CC[Si](CC)(CC)OC1CCC(C)(C)C(/C=C/C(C)=O)=C1C. The van der Waals surface area contributed by atoms with E-state index in [-0.39, 0.29) is 17.3 Å². The van der Waals surface area contributed by atoms with E-state index in [2.05, 4.69) is 41.5 Å². The van der Waals surface area contributed by atoms with Crippen molar-refractivity contribution in [2.24, 2.45) is 5.41 Å². The molecule has 0 aromatic carbocycles. The monoisotopic (exact) mass is 322 g/mol. The predicted molar refractivity (Wildman–Crippen MR) is 97.6 cm³/mol. The van der Waals surface area contributed by atoms with Crippen molar-refractivity contribution in [2.45, 2.75) is 85.5 Å². The number of allylic oxidation sites excluding steroid dienone is 3. The normalized spacial score (nSPS) is 22.4. The molecule has 1 unspecified atom stereocenters. The quantitative estimate of drug-likeness (QED) is 0.446. The molecular formula is C19H34O2Si. The molecule has 1 rings (SSSR count). The highest BCUT2D eigenvalue weighted by Crippen LogP contribution is 2.43. The molecule has 1 aliphatic carbocycles. The molecule has 0 heterocycles. The molecule has 0 fully saturated rings. The zero-order valence-electron chi connectivity index (χ0n) is 15.6. The largest absolute Gasteiger partial charge is 0.410 e. The second-order valence-electron chi connectivity index (χ2n) is 7.31. The summed E-state index contributed by atoms with van der Waals surface area (Å²) in [5, 5.41) is 0. The van der Waals surface area contributed by atoms with E-state index in [1.54, 1.807) is 13.0 Å². The van der Waals surface area contributed by atoms with Gasteiger partial charge in [-0.05, 0) is 67.5 Å². The van der Waals surface area contributed by atoms with Crippen molar-refractivity contribution in [3.63, 3.8) is 0 Å². The smallest absolute Gasteiger partial charge is 0.192 e. The molecule has 0 amide bonds. The van der Waals surface area contributed by atoms with Gasteiger partial charge in [0.15, 0.2) is 14.1 Å². The van der Waals surface area contributed by atoms with E-state index in [4.69, 9.17) is 4.43 Å². The van der Waals surface area contributed by atoms with Crippen LogP contribution in [-0.4, -0.2) is 20.2 Å². The van der Waals surface area contributed by atoms with Gasteiger partial charge in [-0.1, -0.05) is 40.7 Å². The summed E-state index contributed by atoms with van der Waals surface area (Å²) < 4.78 is 6.73. The molecule has 0 aromatic rings. The van der Waals surface area contributed by atoms with Crippen LogP contribution in [0.5, 0.6) is 0 Å². The van der Waals surface area contributed by atoms with Gasteiger partial charge < -0.3 is 4.43 Å². The third-order valence-corrected chi connectivity index (χ3v) is 10.1. The van der Waals surface area contributed by atoms with Crippen molar-refractivity contribution in [3.8, 4) is 0 Å². The first-order valence-corrected chi connectivity index (χ1v) is 11.3. The second-order valence-corrected chi connectivity index (χ2v) is 12.0. The van der Waals surface area contributed by atoms with Crippen LogP contribution in [0.15, 0.2) is 23.3 Å². The molecule has 0 aromatic heterocycles. The fraction of sp³-hybridized carbons (Fsp3) is 0.737. The van der Waals surface area contributed by atoms with Gasteiger partial charge in [0.05, 0.1) is 6.10 Å². The Bertz CT molecular complexity index is 448. The van der Waals surface area contributed by atoms with E-state index in [1.807, 2.05) is 6.08 Å².